The molecule has 53 heavy (non-hydrogen) atoms. The van der Waals surface area contributed by atoms with Crippen molar-refractivity contribution >= 4 is 104 Å². The predicted octanol–water partition coefficient (Wildman–Crippen LogP) is 11.5. The summed E-state index contributed by atoms with van der Waals surface area (Å²) in [6.45, 7) is 0. The fourth-order valence-corrected chi connectivity index (χ4v) is 8.01. The van der Waals surface area contributed by atoms with Gasteiger partial charge in [-0.25, -0.2) is 0 Å². The Balaban J connectivity index is 0.000000224. The van der Waals surface area contributed by atoms with Gasteiger partial charge in [-0.05, 0) is 68.4 Å². The highest BCUT2D eigenvalue weighted by Crippen LogP contribution is 2.43. The van der Waals surface area contributed by atoms with Gasteiger partial charge < -0.3 is 15.3 Å². The van der Waals surface area contributed by atoms with Crippen LogP contribution in [-0.4, -0.2) is 55.1 Å². The first-order valence-electron chi connectivity index (χ1n) is 16.5. The van der Waals surface area contributed by atoms with E-state index < -0.39 is 0 Å². The molecule has 8 rings (SSSR count). The minimum Gasteiger partial charge on any atom is -0.412 e. The highest BCUT2D eigenvalue weighted by atomic mass is 35.5. The maximum absolute atomic E-state index is 6.82. The lowest BCUT2D eigenvalue weighted by Gasteiger charge is -2.29. The van der Waals surface area contributed by atoms with E-state index in [1.54, 1.807) is 0 Å². The van der Waals surface area contributed by atoms with Crippen LogP contribution in [0.5, 0.6) is 0 Å². The molecule has 2 heterocycles. The number of hydrogen-bond acceptors (Lipinski definition) is 4. The number of rotatable bonds is 2. The van der Waals surface area contributed by atoms with Crippen molar-refractivity contribution in [3.05, 3.63) is 163 Å². The Morgan fingerprint density at radius 1 is 0.491 bits per heavy atom. The molecular weight excluding hydrogens is 789 g/mol. The summed E-state index contributed by atoms with van der Waals surface area (Å²) in [6, 6.07) is 36.4. The van der Waals surface area contributed by atoms with Crippen LogP contribution in [0.2, 0.25) is 20.1 Å². The molecule has 6 aromatic rings. The van der Waals surface area contributed by atoms with Gasteiger partial charge >= 0.3 is 0 Å². The number of hydrogen-bond donors (Lipinski definition) is 0. The van der Waals surface area contributed by atoms with E-state index in [2.05, 4.69) is 46.2 Å². The van der Waals surface area contributed by atoms with Crippen LogP contribution in [-0.2, 0) is 12.8 Å². The Kier molecular flexibility index (Phi) is 14.1. The number of amidine groups is 2. The molecule has 0 spiro atoms. The summed E-state index contributed by atoms with van der Waals surface area (Å²) < 4.78 is 0. The molecule has 2 aliphatic rings. The first kappa shape index (κ1) is 42.2. The van der Waals surface area contributed by atoms with Crippen molar-refractivity contribution in [1.82, 2.24) is 9.80 Å². The summed E-state index contributed by atoms with van der Waals surface area (Å²) in [6.07, 6.45) is 1.46. The summed E-state index contributed by atoms with van der Waals surface area (Å²) in [4.78, 5) is 14.1. The fraction of sp³-hybridized carbons (Fsp3) is 0.190. The molecule has 0 aliphatic carbocycles. The van der Waals surface area contributed by atoms with Gasteiger partial charge in [0, 0.05) is 61.9 Å². The quantitative estimate of drug-likeness (QED) is 0.175. The van der Waals surface area contributed by atoms with Crippen molar-refractivity contribution in [2.75, 3.05) is 28.2 Å². The summed E-state index contributed by atoms with van der Waals surface area (Å²) in [5, 5.41) is 7.53. The molecule has 0 radical (unpaired) electrons. The molecule has 0 fully saturated rings. The average Bonchev–Trinajstić information content (AvgIpc) is 3.12. The average molecular weight is 830 g/mol. The fourth-order valence-electron chi connectivity index (χ4n) is 6.84. The van der Waals surface area contributed by atoms with E-state index >= 15 is 0 Å². The first-order chi connectivity index (χ1) is 24.1. The van der Waals surface area contributed by atoms with Crippen molar-refractivity contribution in [2.24, 2.45) is 9.98 Å². The largest absolute Gasteiger partial charge is 0.412 e. The van der Waals surface area contributed by atoms with Crippen molar-refractivity contribution in [2.45, 2.75) is 24.9 Å². The van der Waals surface area contributed by atoms with Crippen molar-refractivity contribution < 1.29 is 5.48 Å². The van der Waals surface area contributed by atoms with E-state index in [-0.39, 0.29) is 42.4 Å². The molecule has 2 aliphatic heterocycles. The molecule has 0 saturated heterocycles. The summed E-state index contributed by atoms with van der Waals surface area (Å²) in [7, 11) is 8.07. The molecule has 0 bridgehead atoms. The Labute approximate surface area is 343 Å². The summed E-state index contributed by atoms with van der Waals surface area (Å²) in [5.74, 6) is 2.02. The molecule has 11 heteroatoms. The van der Waals surface area contributed by atoms with Gasteiger partial charge in [-0.1, -0.05) is 131 Å². The molecule has 2 atom stereocenters. The van der Waals surface area contributed by atoms with Crippen molar-refractivity contribution in [3.63, 3.8) is 0 Å². The van der Waals surface area contributed by atoms with Gasteiger partial charge in [-0.15, -0.1) is 24.8 Å². The molecule has 0 saturated carbocycles. The van der Waals surface area contributed by atoms with Gasteiger partial charge in [0.1, 0.15) is 23.8 Å². The number of nitrogens with zero attached hydrogens (tertiary/aromatic N) is 4. The lowest BCUT2D eigenvalue weighted by Crippen LogP contribution is -2.29. The zero-order valence-corrected chi connectivity index (χ0v) is 34.2. The van der Waals surface area contributed by atoms with Crippen LogP contribution >= 0.6 is 71.2 Å². The third-order valence-electron chi connectivity index (χ3n) is 9.49. The van der Waals surface area contributed by atoms with E-state index in [1.165, 1.54) is 0 Å². The third kappa shape index (κ3) is 8.28. The van der Waals surface area contributed by atoms with Crippen LogP contribution in [0.3, 0.4) is 0 Å². The van der Waals surface area contributed by atoms with Gasteiger partial charge in [-0.3, -0.25) is 9.98 Å². The number of aliphatic imine (C=N–C) groups is 2. The van der Waals surface area contributed by atoms with E-state index in [4.69, 9.17) is 56.4 Å². The zero-order valence-electron chi connectivity index (χ0n) is 29.6. The van der Waals surface area contributed by atoms with Crippen LogP contribution < -0.4 is 0 Å². The molecule has 0 aromatic heterocycles. The van der Waals surface area contributed by atoms with Gasteiger partial charge in [0.2, 0.25) is 0 Å². The highest BCUT2D eigenvalue weighted by Gasteiger charge is 2.29. The summed E-state index contributed by atoms with van der Waals surface area (Å²) >= 11 is 26.6. The van der Waals surface area contributed by atoms with Crippen LogP contribution in [0, 0.1) is 0 Å². The first-order valence-corrected chi connectivity index (χ1v) is 18.0. The summed E-state index contributed by atoms with van der Waals surface area (Å²) in [5.41, 5.74) is 6.59. The second kappa shape index (κ2) is 17.7. The molecular formula is C42H40Cl6N4O. The lowest BCUT2D eigenvalue weighted by atomic mass is 9.88. The normalized spacial score (nSPS) is 15.5. The van der Waals surface area contributed by atoms with Crippen LogP contribution in [0.1, 0.15) is 45.5 Å². The topological polar surface area (TPSA) is 62.7 Å². The van der Waals surface area contributed by atoms with E-state index in [9.17, 15) is 0 Å². The van der Waals surface area contributed by atoms with Crippen LogP contribution in [0.25, 0.3) is 21.5 Å². The highest BCUT2D eigenvalue weighted by molar-refractivity contribution is 6.37. The molecule has 2 N–H and O–H groups in total. The number of halogens is 6. The standard InChI is InChI=1S/2C21H18Cl2N2.2ClH.H2O/c2*1-25(2)19-12-16-17(11-13-7-3-4-8-14(13)20(16)23)21(24-19)15-9-5-6-10-18(15)22;;;/h2*3-11,21H,12H2,1-2H3;2*1H;1H2. The lowest BCUT2D eigenvalue weighted by molar-refractivity contribution is 0.592. The smallest absolute Gasteiger partial charge is 0.104 e. The van der Waals surface area contributed by atoms with E-state index in [0.29, 0.717) is 0 Å². The minimum atomic E-state index is -0.142. The molecule has 0 amide bonds. The molecule has 276 valence electrons. The maximum Gasteiger partial charge on any atom is 0.104 e. The second-order valence-corrected chi connectivity index (χ2v) is 14.6. The Morgan fingerprint density at radius 3 is 1.19 bits per heavy atom. The van der Waals surface area contributed by atoms with Gasteiger partial charge in [0.25, 0.3) is 0 Å². The Morgan fingerprint density at radius 2 is 0.830 bits per heavy atom. The third-order valence-corrected chi connectivity index (χ3v) is 11.0. The minimum absolute atomic E-state index is 0. The SMILES string of the molecule is CN(C)C1=NC(c2ccccc2Cl)c2cc3ccccc3c(Cl)c2C1.CN(C)C1=NC(c2ccccc2Cl)c2cc3ccccc3c(Cl)c2C1.Cl.Cl.O. The predicted molar refractivity (Wildman–Crippen MR) is 232 cm³/mol. The van der Waals surface area contributed by atoms with Gasteiger partial charge in [0.15, 0.2) is 0 Å². The molecule has 6 aromatic carbocycles. The Bertz CT molecular complexity index is 2160. The van der Waals surface area contributed by atoms with Crippen molar-refractivity contribution in [3.8, 4) is 0 Å². The number of fused-ring (bicyclic) bond motifs is 4. The Hall–Kier alpha value is -3.52. The molecule has 2 unspecified atom stereocenters. The van der Waals surface area contributed by atoms with Gasteiger partial charge in [0.05, 0.1) is 10.0 Å². The van der Waals surface area contributed by atoms with E-state index in [1.807, 2.05) is 101 Å². The number of likely N-dealkylation sites (N-methyl/N-ethyl adjacent to an activating group) is 2. The van der Waals surface area contributed by atoms with Crippen molar-refractivity contribution in [1.29, 1.82) is 0 Å². The second-order valence-electron chi connectivity index (χ2n) is 13.0. The van der Waals surface area contributed by atoms with Gasteiger partial charge in [-0.2, -0.15) is 0 Å². The van der Waals surface area contributed by atoms with Crippen LogP contribution in [0.4, 0.5) is 0 Å². The number of benzene rings is 6. The van der Waals surface area contributed by atoms with E-state index in [0.717, 1.165) is 99.5 Å². The zero-order chi connectivity index (χ0) is 35.1. The molecule has 5 nitrogen and oxygen atoms in total. The maximum atomic E-state index is 6.82. The van der Waals surface area contributed by atoms with Crippen LogP contribution in [0.15, 0.2) is 119 Å². The monoisotopic (exact) mass is 826 g/mol.